The second-order valence-electron chi connectivity index (χ2n) is 4.43. The molecule has 0 radical (unpaired) electrons. The first-order valence-corrected chi connectivity index (χ1v) is 6.49. The molecule has 0 aliphatic rings. The summed E-state index contributed by atoms with van der Waals surface area (Å²) in [5.74, 6) is 0.263. The smallest absolute Gasteiger partial charge is 0.170 e. The first kappa shape index (κ1) is 14.9. The summed E-state index contributed by atoms with van der Waals surface area (Å²) in [5, 5.41) is 22.3. The van der Waals surface area contributed by atoms with Gasteiger partial charge in [-0.2, -0.15) is 0 Å². The van der Waals surface area contributed by atoms with Crippen molar-refractivity contribution in [3.8, 4) is 0 Å². The van der Waals surface area contributed by atoms with E-state index in [1.165, 1.54) is 6.07 Å². The zero-order valence-electron chi connectivity index (χ0n) is 11.6. The van der Waals surface area contributed by atoms with E-state index in [4.69, 9.17) is 10.9 Å². The number of aromatic nitrogens is 3. The number of nitrogens with one attached hydrogen (secondary N) is 1. The van der Waals surface area contributed by atoms with E-state index in [0.29, 0.717) is 24.2 Å². The van der Waals surface area contributed by atoms with Gasteiger partial charge >= 0.3 is 0 Å². The summed E-state index contributed by atoms with van der Waals surface area (Å²) < 4.78 is 15.8. The van der Waals surface area contributed by atoms with Crippen molar-refractivity contribution in [1.29, 1.82) is 0 Å². The van der Waals surface area contributed by atoms with Crippen molar-refractivity contribution >= 4 is 5.84 Å². The Bertz CT molecular complexity index is 639. The van der Waals surface area contributed by atoms with Crippen molar-refractivity contribution in [1.82, 2.24) is 20.1 Å². The van der Waals surface area contributed by atoms with Gasteiger partial charge < -0.3 is 20.8 Å². The van der Waals surface area contributed by atoms with Crippen molar-refractivity contribution < 1.29 is 9.60 Å². The molecular weight excluding hydrogens is 275 g/mol. The fourth-order valence-electron chi connectivity index (χ4n) is 1.90. The average molecular weight is 292 g/mol. The normalized spacial score (nSPS) is 11.8. The Balaban J connectivity index is 1.98. The van der Waals surface area contributed by atoms with Crippen molar-refractivity contribution in [3.63, 3.8) is 0 Å². The summed E-state index contributed by atoms with van der Waals surface area (Å²) in [6, 6.07) is 4.44. The van der Waals surface area contributed by atoms with Gasteiger partial charge in [0.1, 0.15) is 18.0 Å². The highest BCUT2D eigenvalue weighted by Gasteiger charge is 2.07. The standard InChI is InChI=1S/C13H17FN6O/c1-2-20-8-17-18-12(20)7-16-6-10-4-3-9(5-11(10)14)13(15)19-21/h3-5,8,16,21H,2,6-7H2,1H3,(H2,15,19). The highest BCUT2D eigenvalue weighted by Crippen LogP contribution is 2.10. The maximum Gasteiger partial charge on any atom is 0.170 e. The molecule has 1 heterocycles. The molecule has 0 amide bonds. The molecule has 112 valence electrons. The van der Waals surface area contributed by atoms with Crippen LogP contribution in [0.2, 0.25) is 0 Å². The molecule has 0 aliphatic heterocycles. The van der Waals surface area contributed by atoms with Crippen LogP contribution in [0.3, 0.4) is 0 Å². The summed E-state index contributed by atoms with van der Waals surface area (Å²) in [5.41, 5.74) is 6.24. The summed E-state index contributed by atoms with van der Waals surface area (Å²) in [7, 11) is 0. The number of amidine groups is 1. The molecule has 0 unspecified atom stereocenters. The molecule has 0 bridgehead atoms. The van der Waals surface area contributed by atoms with E-state index in [0.717, 1.165) is 12.4 Å². The predicted molar refractivity (Wildman–Crippen MR) is 75.2 cm³/mol. The highest BCUT2D eigenvalue weighted by atomic mass is 19.1. The summed E-state index contributed by atoms with van der Waals surface area (Å²) >= 11 is 0. The maximum atomic E-state index is 13.9. The van der Waals surface area contributed by atoms with E-state index in [1.54, 1.807) is 18.5 Å². The van der Waals surface area contributed by atoms with E-state index >= 15 is 0 Å². The number of nitrogens with zero attached hydrogens (tertiary/aromatic N) is 4. The molecule has 2 rings (SSSR count). The fraction of sp³-hybridized carbons (Fsp3) is 0.308. The topological polar surface area (TPSA) is 101 Å². The van der Waals surface area contributed by atoms with Crippen molar-refractivity contribution in [2.24, 2.45) is 10.9 Å². The van der Waals surface area contributed by atoms with Gasteiger partial charge in [-0.15, -0.1) is 10.2 Å². The first-order valence-electron chi connectivity index (χ1n) is 6.49. The highest BCUT2D eigenvalue weighted by molar-refractivity contribution is 5.97. The van der Waals surface area contributed by atoms with Crippen LogP contribution in [0, 0.1) is 5.82 Å². The van der Waals surface area contributed by atoms with E-state index < -0.39 is 5.82 Å². The van der Waals surface area contributed by atoms with Gasteiger partial charge in [-0.1, -0.05) is 17.3 Å². The Morgan fingerprint density at radius 2 is 2.29 bits per heavy atom. The van der Waals surface area contributed by atoms with Gasteiger partial charge in [-0.05, 0) is 13.0 Å². The molecule has 7 nitrogen and oxygen atoms in total. The third-order valence-electron chi connectivity index (χ3n) is 3.09. The first-order chi connectivity index (χ1) is 10.2. The molecule has 0 spiro atoms. The molecule has 2 aromatic rings. The van der Waals surface area contributed by atoms with Gasteiger partial charge in [0, 0.05) is 24.2 Å². The van der Waals surface area contributed by atoms with Crippen LogP contribution in [-0.2, 0) is 19.6 Å². The van der Waals surface area contributed by atoms with Crippen LogP contribution >= 0.6 is 0 Å². The van der Waals surface area contributed by atoms with Crippen LogP contribution in [0.5, 0.6) is 0 Å². The minimum absolute atomic E-state index is 0.121. The SMILES string of the molecule is CCn1cnnc1CNCc1ccc(/C(N)=N/O)cc1F. The molecule has 4 N–H and O–H groups in total. The zero-order valence-corrected chi connectivity index (χ0v) is 11.6. The number of rotatable bonds is 6. The minimum atomic E-state index is -0.413. The third kappa shape index (κ3) is 3.54. The van der Waals surface area contributed by atoms with E-state index in [2.05, 4.69) is 20.7 Å². The lowest BCUT2D eigenvalue weighted by molar-refractivity contribution is 0.318. The summed E-state index contributed by atoms with van der Waals surface area (Å²) in [6.07, 6.45) is 1.66. The number of benzene rings is 1. The zero-order chi connectivity index (χ0) is 15.2. The quantitative estimate of drug-likeness (QED) is 0.317. The van der Waals surface area contributed by atoms with Crippen LogP contribution in [0.4, 0.5) is 4.39 Å². The monoisotopic (exact) mass is 292 g/mol. The Hall–Kier alpha value is -2.48. The van der Waals surface area contributed by atoms with Gasteiger partial charge in [0.2, 0.25) is 0 Å². The lowest BCUT2D eigenvalue weighted by Crippen LogP contribution is -2.18. The number of aryl methyl sites for hydroxylation is 1. The molecule has 1 aromatic carbocycles. The summed E-state index contributed by atoms with van der Waals surface area (Å²) in [6.45, 7) is 3.62. The largest absolute Gasteiger partial charge is 0.409 e. The fourth-order valence-corrected chi connectivity index (χ4v) is 1.90. The van der Waals surface area contributed by atoms with Crippen molar-refractivity contribution in [3.05, 3.63) is 47.3 Å². The van der Waals surface area contributed by atoms with E-state index in [-0.39, 0.29) is 5.84 Å². The Labute approximate surface area is 121 Å². The van der Waals surface area contributed by atoms with Crippen LogP contribution in [-0.4, -0.2) is 25.8 Å². The minimum Gasteiger partial charge on any atom is -0.409 e. The molecule has 0 atom stereocenters. The Morgan fingerprint density at radius 3 is 2.95 bits per heavy atom. The molecular formula is C13H17FN6O. The van der Waals surface area contributed by atoms with Crippen LogP contribution in [0.1, 0.15) is 23.9 Å². The summed E-state index contributed by atoms with van der Waals surface area (Å²) in [4.78, 5) is 0. The van der Waals surface area contributed by atoms with Gasteiger partial charge in [0.15, 0.2) is 5.84 Å². The van der Waals surface area contributed by atoms with E-state index in [9.17, 15) is 4.39 Å². The van der Waals surface area contributed by atoms with Gasteiger partial charge in [-0.3, -0.25) is 0 Å². The van der Waals surface area contributed by atoms with Crippen molar-refractivity contribution in [2.45, 2.75) is 26.6 Å². The lowest BCUT2D eigenvalue weighted by Gasteiger charge is -2.08. The molecule has 0 saturated carbocycles. The molecule has 0 aliphatic carbocycles. The second kappa shape index (κ2) is 6.80. The van der Waals surface area contributed by atoms with Gasteiger partial charge in [-0.25, -0.2) is 4.39 Å². The number of halogens is 1. The number of hydrogen-bond donors (Lipinski definition) is 3. The Morgan fingerprint density at radius 1 is 1.48 bits per heavy atom. The third-order valence-corrected chi connectivity index (χ3v) is 3.09. The van der Waals surface area contributed by atoms with E-state index in [1.807, 2.05) is 11.5 Å². The molecule has 1 aromatic heterocycles. The molecule has 0 saturated heterocycles. The average Bonchev–Trinajstić information content (AvgIpc) is 2.95. The van der Waals surface area contributed by atoms with Crippen LogP contribution < -0.4 is 11.1 Å². The van der Waals surface area contributed by atoms with Crippen molar-refractivity contribution in [2.75, 3.05) is 0 Å². The number of oxime groups is 1. The number of nitrogens with two attached hydrogens (primary N) is 1. The van der Waals surface area contributed by atoms with Gasteiger partial charge in [0.25, 0.3) is 0 Å². The van der Waals surface area contributed by atoms with Crippen LogP contribution in [0.15, 0.2) is 29.7 Å². The Kier molecular flexibility index (Phi) is 4.83. The predicted octanol–water partition coefficient (Wildman–Crippen LogP) is 0.821. The maximum absolute atomic E-state index is 13.9. The lowest BCUT2D eigenvalue weighted by atomic mass is 10.1. The number of hydrogen-bond acceptors (Lipinski definition) is 5. The van der Waals surface area contributed by atoms with Gasteiger partial charge in [0.05, 0.1) is 6.54 Å². The molecule has 21 heavy (non-hydrogen) atoms. The van der Waals surface area contributed by atoms with Crippen LogP contribution in [0.25, 0.3) is 0 Å². The second-order valence-corrected chi connectivity index (χ2v) is 4.43. The molecule has 8 heteroatoms. The molecule has 0 fully saturated rings.